The highest BCUT2D eigenvalue weighted by Gasteiger charge is 2.58. The Morgan fingerprint density at radius 1 is 1.38 bits per heavy atom. The number of rotatable bonds is 4. The van der Waals surface area contributed by atoms with Crippen molar-refractivity contribution in [1.82, 2.24) is 9.88 Å². The molecule has 2 heterocycles. The quantitative estimate of drug-likeness (QED) is 0.899. The highest BCUT2D eigenvalue weighted by Crippen LogP contribution is 2.39. The Balaban J connectivity index is 1.88. The maximum Gasteiger partial charge on any atom is 0.412 e. The number of H-pyrrole nitrogens is 1. The molecule has 1 aliphatic rings. The molecule has 130 valence electrons. The molecule has 0 bridgehead atoms. The SMILES string of the molecule is CC[C@@]1(C)OC(=O)N(CCc2c(C)[nH]c3ccc(F)cc23)[C@@]1(C)O. The van der Waals surface area contributed by atoms with Crippen LogP contribution in [0.3, 0.4) is 0 Å². The molecule has 24 heavy (non-hydrogen) atoms. The Hall–Kier alpha value is -2.08. The van der Waals surface area contributed by atoms with Crippen LogP contribution in [0.5, 0.6) is 0 Å². The zero-order valence-corrected chi connectivity index (χ0v) is 14.4. The molecule has 1 aliphatic heterocycles. The summed E-state index contributed by atoms with van der Waals surface area (Å²) in [7, 11) is 0. The van der Waals surface area contributed by atoms with Crippen LogP contribution in [0.4, 0.5) is 9.18 Å². The van der Waals surface area contributed by atoms with Gasteiger partial charge in [0.25, 0.3) is 0 Å². The number of cyclic esters (lactones) is 1. The van der Waals surface area contributed by atoms with Crippen molar-refractivity contribution in [2.24, 2.45) is 0 Å². The van der Waals surface area contributed by atoms with Crippen LogP contribution >= 0.6 is 0 Å². The third-order valence-electron chi connectivity index (χ3n) is 5.40. The molecular weight excluding hydrogens is 311 g/mol. The maximum absolute atomic E-state index is 13.6. The number of aromatic amines is 1. The lowest BCUT2D eigenvalue weighted by molar-refractivity contribution is -0.137. The average molecular weight is 334 g/mol. The second-order valence-electron chi connectivity index (χ2n) is 6.79. The minimum atomic E-state index is -1.38. The summed E-state index contributed by atoms with van der Waals surface area (Å²) >= 11 is 0. The van der Waals surface area contributed by atoms with Crippen molar-refractivity contribution in [3.8, 4) is 0 Å². The van der Waals surface area contributed by atoms with Crippen LogP contribution in [0.15, 0.2) is 18.2 Å². The number of nitrogens with zero attached hydrogens (tertiary/aromatic N) is 1. The van der Waals surface area contributed by atoms with Gasteiger partial charge in [-0.1, -0.05) is 6.92 Å². The smallest absolute Gasteiger partial charge is 0.412 e. The van der Waals surface area contributed by atoms with E-state index in [4.69, 9.17) is 4.74 Å². The van der Waals surface area contributed by atoms with Crippen LogP contribution in [0, 0.1) is 12.7 Å². The molecular formula is C18H23FN2O3. The molecule has 6 heteroatoms. The van der Waals surface area contributed by atoms with Gasteiger partial charge < -0.3 is 14.8 Å². The number of fused-ring (bicyclic) bond motifs is 1. The van der Waals surface area contributed by atoms with Crippen LogP contribution in [-0.2, 0) is 11.2 Å². The van der Waals surface area contributed by atoms with Gasteiger partial charge in [0.1, 0.15) is 5.82 Å². The van der Waals surface area contributed by atoms with Gasteiger partial charge in [0, 0.05) is 23.1 Å². The number of nitrogens with one attached hydrogen (secondary N) is 1. The van der Waals surface area contributed by atoms with Crippen LogP contribution in [-0.4, -0.2) is 39.0 Å². The normalized spacial score (nSPS) is 27.1. The summed E-state index contributed by atoms with van der Waals surface area (Å²) in [5, 5.41) is 11.6. The molecule has 1 aromatic heterocycles. The van der Waals surface area contributed by atoms with Gasteiger partial charge in [-0.3, -0.25) is 4.90 Å². The molecule has 3 rings (SSSR count). The summed E-state index contributed by atoms with van der Waals surface area (Å²) < 4.78 is 19.0. The fraction of sp³-hybridized carbons (Fsp3) is 0.500. The standard InChI is InChI=1S/C18H23FN2O3/c1-5-17(3)18(4,23)21(16(22)24-17)9-8-13-11(2)20-15-7-6-12(19)10-14(13)15/h6-7,10,20,23H,5,8-9H2,1-4H3/t17-,18+/m1/s1. The van der Waals surface area contributed by atoms with Crippen molar-refractivity contribution in [2.45, 2.75) is 51.9 Å². The van der Waals surface area contributed by atoms with Crippen molar-refractivity contribution in [3.05, 3.63) is 35.3 Å². The lowest BCUT2D eigenvalue weighted by Gasteiger charge is -2.36. The van der Waals surface area contributed by atoms with Crippen molar-refractivity contribution in [2.75, 3.05) is 6.54 Å². The number of hydrogen-bond donors (Lipinski definition) is 2. The Kier molecular flexibility index (Phi) is 3.83. The fourth-order valence-electron chi connectivity index (χ4n) is 3.42. The van der Waals surface area contributed by atoms with Gasteiger partial charge in [0.15, 0.2) is 11.3 Å². The minimum Gasteiger partial charge on any atom is -0.438 e. The lowest BCUT2D eigenvalue weighted by Crippen LogP contribution is -2.55. The second kappa shape index (κ2) is 5.48. The number of hydrogen-bond acceptors (Lipinski definition) is 3. The fourth-order valence-corrected chi connectivity index (χ4v) is 3.42. The molecule has 2 N–H and O–H groups in total. The third-order valence-corrected chi connectivity index (χ3v) is 5.40. The van der Waals surface area contributed by atoms with Crippen molar-refractivity contribution < 1.29 is 19.0 Å². The Morgan fingerprint density at radius 2 is 2.08 bits per heavy atom. The van der Waals surface area contributed by atoms with Gasteiger partial charge in [0.2, 0.25) is 0 Å². The van der Waals surface area contributed by atoms with Crippen LogP contribution in [0.1, 0.15) is 38.4 Å². The molecule has 1 amide bonds. The molecule has 5 nitrogen and oxygen atoms in total. The number of aliphatic hydroxyl groups is 1. The first-order chi connectivity index (χ1) is 11.2. The maximum atomic E-state index is 13.6. The van der Waals surface area contributed by atoms with Gasteiger partial charge in [-0.25, -0.2) is 9.18 Å². The largest absolute Gasteiger partial charge is 0.438 e. The first kappa shape index (κ1) is 16.8. The van der Waals surface area contributed by atoms with E-state index in [-0.39, 0.29) is 5.82 Å². The highest BCUT2D eigenvalue weighted by molar-refractivity contribution is 5.84. The lowest BCUT2D eigenvalue weighted by atomic mass is 9.90. The van der Waals surface area contributed by atoms with Crippen molar-refractivity contribution in [3.63, 3.8) is 0 Å². The first-order valence-corrected chi connectivity index (χ1v) is 8.19. The van der Waals surface area contributed by atoms with E-state index in [1.807, 2.05) is 13.8 Å². The number of amides is 1. The topological polar surface area (TPSA) is 65.6 Å². The molecule has 0 spiro atoms. The number of aromatic nitrogens is 1. The van der Waals surface area contributed by atoms with E-state index in [0.29, 0.717) is 19.4 Å². The van der Waals surface area contributed by atoms with Gasteiger partial charge in [0.05, 0.1) is 0 Å². The Bertz CT molecular complexity index is 799. The van der Waals surface area contributed by atoms with E-state index < -0.39 is 17.4 Å². The Morgan fingerprint density at radius 3 is 2.71 bits per heavy atom. The van der Waals surface area contributed by atoms with Crippen molar-refractivity contribution >= 4 is 17.0 Å². The van der Waals surface area contributed by atoms with E-state index >= 15 is 0 Å². The summed E-state index contributed by atoms with van der Waals surface area (Å²) in [6.07, 6.45) is 0.493. The number of carbonyl (C=O) groups is 1. The Labute approximate surface area is 140 Å². The summed E-state index contributed by atoms with van der Waals surface area (Å²) in [5.41, 5.74) is 0.410. The molecule has 2 aromatic rings. The van der Waals surface area contributed by atoms with Gasteiger partial charge >= 0.3 is 6.09 Å². The number of ether oxygens (including phenoxy) is 1. The van der Waals surface area contributed by atoms with Gasteiger partial charge in [-0.2, -0.15) is 0 Å². The monoisotopic (exact) mass is 334 g/mol. The minimum absolute atomic E-state index is 0.297. The van der Waals surface area contributed by atoms with Crippen LogP contribution in [0.2, 0.25) is 0 Å². The number of halogens is 1. The summed E-state index contributed by atoms with van der Waals surface area (Å²) in [5.74, 6) is -0.297. The summed E-state index contributed by atoms with van der Waals surface area (Å²) in [6, 6.07) is 4.61. The number of carbonyl (C=O) groups excluding carboxylic acids is 1. The molecule has 1 saturated heterocycles. The van der Waals surface area contributed by atoms with Crippen LogP contribution in [0.25, 0.3) is 10.9 Å². The van der Waals surface area contributed by atoms with Gasteiger partial charge in [-0.15, -0.1) is 0 Å². The van der Waals surface area contributed by atoms with Crippen molar-refractivity contribution in [1.29, 1.82) is 0 Å². The highest BCUT2D eigenvalue weighted by atomic mass is 19.1. The average Bonchev–Trinajstić information content (AvgIpc) is 2.90. The van der Waals surface area contributed by atoms with Crippen LogP contribution < -0.4 is 0 Å². The van der Waals surface area contributed by atoms with E-state index in [9.17, 15) is 14.3 Å². The molecule has 1 fully saturated rings. The summed E-state index contributed by atoms with van der Waals surface area (Å²) in [6.45, 7) is 7.42. The first-order valence-electron chi connectivity index (χ1n) is 8.19. The third kappa shape index (κ3) is 2.36. The van der Waals surface area contributed by atoms with E-state index in [1.54, 1.807) is 19.9 Å². The number of benzene rings is 1. The molecule has 0 unspecified atom stereocenters. The molecule has 2 atom stereocenters. The molecule has 0 saturated carbocycles. The zero-order valence-electron chi connectivity index (χ0n) is 14.4. The predicted octanol–water partition coefficient (Wildman–Crippen LogP) is 3.49. The van der Waals surface area contributed by atoms with E-state index in [2.05, 4.69) is 4.98 Å². The summed E-state index contributed by atoms with van der Waals surface area (Å²) in [4.78, 5) is 16.8. The van der Waals surface area contributed by atoms with E-state index in [0.717, 1.165) is 22.2 Å². The second-order valence-corrected chi connectivity index (χ2v) is 6.79. The van der Waals surface area contributed by atoms with Gasteiger partial charge in [-0.05, 0) is 57.4 Å². The van der Waals surface area contributed by atoms with E-state index in [1.165, 1.54) is 17.0 Å². The zero-order chi connectivity index (χ0) is 17.7. The molecule has 1 aromatic carbocycles. The molecule has 0 aliphatic carbocycles. The predicted molar refractivity (Wildman–Crippen MR) is 89.2 cm³/mol. The molecule has 0 radical (unpaired) electrons. The number of aryl methyl sites for hydroxylation is 1.